The lowest BCUT2D eigenvalue weighted by molar-refractivity contribution is 0.435. The van der Waals surface area contributed by atoms with Gasteiger partial charge in [0.15, 0.2) is 0 Å². The van der Waals surface area contributed by atoms with Gasteiger partial charge in [0.05, 0.1) is 5.02 Å². The van der Waals surface area contributed by atoms with Crippen LogP contribution in [-0.2, 0) is 11.8 Å². The highest BCUT2D eigenvalue weighted by atomic mass is 35.5. The zero-order valence-corrected chi connectivity index (χ0v) is 17.1. The molecule has 2 unspecified atom stereocenters. The van der Waals surface area contributed by atoms with Gasteiger partial charge in [-0.15, -0.1) is 6.58 Å². The molecule has 0 amide bonds. The normalized spacial score (nSPS) is 21.3. The molecule has 1 aliphatic carbocycles. The molecular weight excluding hydrogens is 379 g/mol. The summed E-state index contributed by atoms with van der Waals surface area (Å²) >= 11 is 6.08. The zero-order valence-electron chi connectivity index (χ0n) is 16.4. The Morgan fingerprint density at radius 2 is 1.79 bits per heavy atom. The van der Waals surface area contributed by atoms with Gasteiger partial charge in [0.1, 0.15) is 5.82 Å². The van der Waals surface area contributed by atoms with E-state index in [1.54, 1.807) is 6.07 Å². The van der Waals surface area contributed by atoms with Crippen molar-refractivity contribution in [2.45, 2.75) is 31.1 Å². The van der Waals surface area contributed by atoms with Crippen molar-refractivity contribution in [2.24, 2.45) is 0 Å². The van der Waals surface area contributed by atoms with E-state index in [1.165, 1.54) is 38.7 Å². The number of rotatable bonds is 2. The summed E-state index contributed by atoms with van der Waals surface area (Å²) in [5.74, 6) is -0.0857. The second-order valence-electron chi connectivity index (χ2n) is 8.38. The van der Waals surface area contributed by atoms with Crippen molar-refractivity contribution >= 4 is 33.1 Å². The molecule has 4 aromatic carbocycles. The van der Waals surface area contributed by atoms with Gasteiger partial charge < -0.3 is 0 Å². The molecule has 0 N–H and O–H groups in total. The van der Waals surface area contributed by atoms with Crippen LogP contribution >= 0.6 is 11.6 Å². The molecule has 0 fully saturated rings. The summed E-state index contributed by atoms with van der Waals surface area (Å²) in [5, 5.41) is 5.33. The molecule has 0 bridgehead atoms. The lowest BCUT2D eigenvalue weighted by Gasteiger charge is -2.39. The smallest absolute Gasteiger partial charge is 0.141 e. The maximum atomic E-state index is 13.7. The first kappa shape index (κ1) is 18.4. The number of allylic oxidation sites excluding steroid dienone is 1. The Morgan fingerprint density at radius 3 is 2.59 bits per heavy atom. The predicted molar refractivity (Wildman–Crippen MR) is 121 cm³/mol. The summed E-state index contributed by atoms with van der Waals surface area (Å²) in [6.45, 7) is 6.47. The molecule has 4 aromatic rings. The van der Waals surface area contributed by atoms with E-state index in [2.05, 4.69) is 68.1 Å². The molecule has 0 heterocycles. The van der Waals surface area contributed by atoms with E-state index in [0.717, 1.165) is 18.4 Å². The van der Waals surface area contributed by atoms with Crippen LogP contribution in [0.2, 0.25) is 5.02 Å². The van der Waals surface area contributed by atoms with Gasteiger partial charge in [-0.2, -0.15) is 0 Å². The number of hydrogen-bond acceptors (Lipinski definition) is 0. The van der Waals surface area contributed by atoms with Gasteiger partial charge in [-0.1, -0.05) is 79.2 Å². The van der Waals surface area contributed by atoms with E-state index < -0.39 is 0 Å². The summed E-state index contributed by atoms with van der Waals surface area (Å²) in [7, 11) is 0. The second-order valence-corrected chi connectivity index (χ2v) is 8.79. The highest BCUT2D eigenvalue weighted by Gasteiger charge is 2.36. The molecule has 144 valence electrons. The molecule has 2 atom stereocenters. The van der Waals surface area contributed by atoms with E-state index in [9.17, 15) is 4.39 Å². The Labute approximate surface area is 175 Å². The van der Waals surface area contributed by atoms with E-state index >= 15 is 0 Å². The third-order valence-electron chi connectivity index (χ3n) is 6.59. The van der Waals surface area contributed by atoms with Crippen LogP contribution in [0.15, 0.2) is 79.4 Å². The van der Waals surface area contributed by atoms with Crippen LogP contribution in [-0.4, -0.2) is 0 Å². The maximum absolute atomic E-state index is 13.7. The topological polar surface area (TPSA) is 0 Å². The first-order chi connectivity index (χ1) is 14.0. The van der Waals surface area contributed by atoms with E-state index in [4.69, 9.17) is 11.6 Å². The van der Waals surface area contributed by atoms with Gasteiger partial charge in [0, 0.05) is 5.41 Å². The van der Waals surface area contributed by atoms with E-state index in [0.29, 0.717) is 0 Å². The number of fused-ring (bicyclic) bond motifs is 5. The molecule has 0 saturated heterocycles. The van der Waals surface area contributed by atoms with Crippen LogP contribution in [0.25, 0.3) is 21.5 Å². The fraction of sp³-hybridized carbons (Fsp3) is 0.185. The number of halogens is 2. The van der Waals surface area contributed by atoms with Crippen LogP contribution < -0.4 is 0 Å². The van der Waals surface area contributed by atoms with Gasteiger partial charge in [0.2, 0.25) is 0 Å². The van der Waals surface area contributed by atoms with E-state index in [1.807, 2.05) is 6.07 Å². The molecule has 29 heavy (non-hydrogen) atoms. The van der Waals surface area contributed by atoms with Crippen molar-refractivity contribution < 1.29 is 4.39 Å². The van der Waals surface area contributed by atoms with Crippen molar-refractivity contribution in [3.63, 3.8) is 0 Å². The minimum Gasteiger partial charge on any atom is -0.205 e. The van der Waals surface area contributed by atoms with Crippen LogP contribution in [0.4, 0.5) is 4.39 Å². The summed E-state index contributed by atoms with van der Waals surface area (Å²) in [6.07, 6.45) is 3.93. The standard InChI is InChI=1S/C27H22ClF/c1-3-27(2)16-20(18-10-13-25(29)24(28)15-18)14-19-9-11-22-21-7-5-4-6-17(21)8-12-23(22)26(19)27/h3-13,15,20H,1,14,16H2,2H3. The van der Waals surface area contributed by atoms with Gasteiger partial charge in [0.25, 0.3) is 0 Å². The number of hydrogen-bond donors (Lipinski definition) is 0. The molecule has 0 radical (unpaired) electrons. The molecule has 0 aliphatic heterocycles. The summed E-state index contributed by atoms with van der Waals surface area (Å²) in [4.78, 5) is 0. The molecule has 5 rings (SSSR count). The van der Waals surface area contributed by atoms with E-state index in [-0.39, 0.29) is 22.2 Å². The van der Waals surface area contributed by atoms with Crippen molar-refractivity contribution in [2.75, 3.05) is 0 Å². The lowest BCUT2D eigenvalue weighted by Crippen LogP contribution is -2.30. The quantitative estimate of drug-likeness (QED) is 0.236. The van der Waals surface area contributed by atoms with Gasteiger partial charge in [-0.05, 0) is 69.1 Å². The third kappa shape index (κ3) is 2.88. The zero-order chi connectivity index (χ0) is 20.2. The van der Waals surface area contributed by atoms with Crippen molar-refractivity contribution in [1.29, 1.82) is 0 Å². The Bertz CT molecular complexity index is 1270. The first-order valence-corrected chi connectivity index (χ1v) is 10.4. The highest BCUT2D eigenvalue weighted by Crippen LogP contribution is 2.48. The SMILES string of the molecule is C=CC1(C)CC(c2ccc(F)c(Cl)c2)Cc2ccc3c(ccc4ccccc43)c21. The molecule has 0 aromatic heterocycles. The largest absolute Gasteiger partial charge is 0.205 e. The van der Waals surface area contributed by atoms with Crippen LogP contribution in [0.1, 0.15) is 36.0 Å². The molecule has 2 heteroatoms. The molecule has 0 saturated carbocycles. The second kappa shape index (κ2) is 6.71. The van der Waals surface area contributed by atoms with Crippen LogP contribution in [0.3, 0.4) is 0 Å². The molecule has 0 spiro atoms. The Morgan fingerprint density at radius 1 is 1.00 bits per heavy atom. The third-order valence-corrected chi connectivity index (χ3v) is 6.88. The van der Waals surface area contributed by atoms with Crippen molar-refractivity contribution in [3.05, 3.63) is 107 Å². The minimum absolute atomic E-state index is 0.166. The fourth-order valence-corrected chi connectivity index (χ4v) is 5.31. The number of benzene rings is 4. The van der Waals surface area contributed by atoms with Gasteiger partial charge >= 0.3 is 0 Å². The van der Waals surface area contributed by atoms with Crippen molar-refractivity contribution in [1.82, 2.24) is 0 Å². The minimum atomic E-state index is -0.365. The fourth-order valence-electron chi connectivity index (χ4n) is 5.12. The first-order valence-electron chi connectivity index (χ1n) is 10.0. The Kier molecular flexibility index (Phi) is 4.26. The predicted octanol–water partition coefficient (Wildman–Crippen LogP) is 7.96. The molecule has 1 aliphatic rings. The maximum Gasteiger partial charge on any atom is 0.141 e. The molecule has 0 nitrogen and oxygen atoms in total. The average Bonchev–Trinajstić information content (AvgIpc) is 2.74. The van der Waals surface area contributed by atoms with Crippen LogP contribution in [0.5, 0.6) is 0 Å². The summed E-state index contributed by atoms with van der Waals surface area (Å²) in [5.41, 5.74) is 3.64. The van der Waals surface area contributed by atoms with Gasteiger partial charge in [-0.3, -0.25) is 0 Å². The monoisotopic (exact) mass is 400 g/mol. The van der Waals surface area contributed by atoms with Crippen molar-refractivity contribution in [3.8, 4) is 0 Å². The van der Waals surface area contributed by atoms with Gasteiger partial charge in [-0.25, -0.2) is 4.39 Å². The highest BCUT2D eigenvalue weighted by molar-refractivity contribution is 6.30. The van der Waals surface area contributed by atoms with Crippen LogP contribution in [0, 0.1) is 5.82 Å². The lowest BCUT2D eigenvalue weighted by atomic mass is 9.64. The Hall–Kier alpha value is -2.64. The summed E-state index contributed by atoms with van der Waals surface area (Å²) in [6, 6.07) is 22.7. The summed E-state index contributed by atoms with van der Waals surface area (Å²) < 4.78 is 13.7. The Balaban J connectivity index is 1.71. The average molecular weight is 401 g/mol. The molecular formula is C27H22ClF.